The molecule has 0 unspecified atom stereocenters. The number of amides is 1. The van der Waals surface area contributed by atoms with Crippen LogP contribution in [0.4, 0.5) is 5.82 Å². The van der Waals surface area contributed by atoms with E-state index in [-0.39, 0.29) is 17.9 Å². The van der Waals surface area contributed by atoms with E-state index in [1.807, 2.05) is 60.7 Å². The van der Waals surface area contributed by atoms with Crippen molar-refractivity contribution in [1.29, 1.82) is 5.26 Å². The molecule has 4 aromatic rings. The smallest absolute Gasteiger partial charge is 0.249 e. The highest BCUT2D eigenvalue weighted by Crippen LogP contribution is 2.20. The molecular weight excluding hydrogens is 436 g/mol. The number of carbonyl (C=O) groups is 1. The highest BCUT2D eigenvalue weighted by Gasteiger charge is 2.16. The third kappa shape index (κ3) is 4.04. The number of nitriles is 1. The molecule has 1 N–H and O–H groups in total. The molecular formula is C19H13BrN8O. The molecule has 0 saturated carbocycles. The van der Waals surface area contributed by atoms with Crippen molar-refractivity contribution < 1.29 is 4.79 Å². The van der Waals surface area contributed by atoms with Crippen molar-refractivity contribution in [2.24, 2.45) is 0 Å². The van der Waals surface area contributed by atoms with E-state index < -0.39 is 5.91 Å². The topological polar surface area (TPSA) is 114 Å². The summed E-state index contributed by atoms with van der Waals surface area (Å²) in [5.74, 6) is 0.299. The van der Waals surface area contributed by atoms with Crippen molar-refractivity contribution in [1.82, 2.24) is 30.0 Å². The predicted molar refractivity (Wildman–Crippen MR) is 108 cm³/mol. The van der Waals surface area contributed by atoms with E-state index >= 15 is 0 Å². The Morgan fingerprint density at radius 3 is 2.62 bits per heavy atom. The minimum absolute atomic E-state index is 0.158. The van der Waals surface area contributed by atoms with Crippen molar-refractivity contribution in [2.45, 2.75) is 6.54 Å². The number of nitrogens with zero attached hydrogens (tertiary/aromatic N) is 7. The average Bonchev–Trinajstić information content (AvgIpc) is 3.36. The second-order valence-electron chi connectivity index (χ2n) is 5.96. The van der Waals surface area contributed by atoms with Gasteiger partial charge in [-0.1, -0.05) is 34.1 Å². The molecule has 2 heterocycles. The SMILES string of the molecule is N#Cc1cnn(-c2ccccc2)c1NC(=O)Cn1nnc(-c2ccc(Br)cc2)n1. The van der Waals surface area contributed by atoms with Crippen LogP contribution in [-0.2, 0) is 11.3 Å². The lowest BCUT2D eigenvalue weighted by molar-refractivity contribution is -0.117. The van der Waals surface area contributed by atoms with Gasteiger partial charge in [0.05, 0.1) is 11.9 Å². The van der Waals surface area contributed by atoms with Gasteiger partial charge in [-0.2, -0.15) is 15.2 Å². The molecule has 29 heavy (non-hydrogen) atoms. The van der Waals surface area contributed by atoms with Crippen LogP contribution < -0.4 is 5.32 Å². The number of aromatic nitrogens is 6. The zero-order valence-electron chi connectivity index (χ0n) is 14.9. The first-order valence-electron chi connectivity index (χ1n) is 8.51. The molecule has 2 aromatic carbocycles. The predicted octanol–water partition coefficient (Wildman–Crippen LogP) is 2.80. The largest absolute Gasteiger partial charge is 0.308 e. The van der Waals surface area contributed by atoms with Crippen LogP contribution in [-0.4, -0.2) is 35.9 Å². The zero-order valence-corrected chi connectivity index (χ0v) is 16.5. The second-order valence-corrected chi connectivity index (χ2v) is 6.88. The molecule has 0 saturated heterocycles. The number of hydrogen-bond acceptors (Lipinski definition) is 6. The molecule has 0 aliphatic heterocycles. The van der Waals surface area contributed by atoms with Crippen molar-refractivity contribution >= 4 is 27.7 Å². The van der Waals surface area contributed by atoms with Gasteiger partial charge in [-0.15, -0.1) is 10.2 Å². The summed E-state index contributed by atoms with van der Waals surface area (Å²) in [6.07, 6.45) is 1.40. The molecule has 0 bridgehead atoms. The highest BCUT2D eigenvalue weighted by molar-refractivity contribution is 9.10. The lowest BCUT2D eigenvalue weighted by Gasteiger charge is -2.09. The number of benzene rings is 2. The quantitative estimate of drug-likeness (QED) is 0.501. The summed E-state index contributed by atoms with van der Waals surface area (Å²) in [5, 5.41) is 28.4. The molecule has 1 amide bonds. The number of halogens is 1. The van der Waals surface area contributed by atoms with Crippen LogP contribution in [0.3, 0.4) is 0 Å². The third-order valence-corrected chi connectivity index (χ3v) is 4.52. The molecule has 0 atom stereocenters. The Hall–Kier alpha value is -3.84. The maximum atomic E-state index is 12.5. The van der Waals surface area contributed by atoms with Gasteiger partial charge in [-0.25, -0.2) is 4.68 Å². The van der Waals surface area contributed by atoms with E-state index in [4.69, 9.17) is 0 Å². The molecule has 2 aromatic heterocycles. The Labute approximate surface area is 173 Å². The number of hydrogen-bond donors (Lipinski definition) is 1. The minimum Gasteiger partial charge on any atom is -0.308 e. The summed E-state index contributed by atoms with van der Waals surface area (Å²) in [6.45, 7) is -0.158. The van der Waals surface area contributed by atoms with Crippen LogP contribution in [0.1, 0.15) is 5.56 Å². The molecule has 0 fully saturated rings. The lowest BCUT2D eigenvalue weighted by Crippen LogP contribution is -2.22. The number of para-hydroxylation sites is 1. The van der Waals surface area contributed by atoms with Crippen molar-refractivity contribution in [3.8, 4) is 23.1 Å². The van der Waals surface area contributed by atoms with Gasteiger partial charge in [-0.3, -0.25) is 4.79 Å². The van der Waals surface area contributed by atoms with E-state index in [0.717, 1.165) is 15.7 Å². The Morgan fingerprint density at radius 1 is 1.14 bits per heavy atom. The lowest BCUT2D eigenvalue weighted by atomic mass is 10.2. The molecule has 0 aliphatic carbocycles. The van der Waals surface area contributed by atoms with Gasteiger partial charge in [-0.05, 0) is 41.6 Å². The fraction of sp³-hybridized carbons (Fsp3) is 0.0526. The second kappa shape index (κ2) is 8.04. The van der Waals surface area contributed by atoms with E-state index in [0.29, 0.717) is 5.82 Å². The first-order valence-corrected chi connectivity index (χ1v) is 9.30. The first-order chi connectivity index (χ1) is 14.1. The first kappa shape index (κ1) is 18.5. The number of carbonyl (C=O) groups excluding carboxylic acids is 1. The Morgan fingerprint density at radius 2 is 1.90 bits per heavy atom. The standard InChI is InChI=1S/C19H13BrN8O/c20-15-8-6-13(7-9-15)18-24-26-27(25-18)12-17(29)23-19-14(10-21)11-22-28(19)16-4-2-1-3-5-16/h1-9,11H,12H2,(H,23,29). The molecule has 0 aliphatic rings. The monoisotopic (exact) mass is 448 g/mol. The van der Waals surface area contributed by atoms with Gasteiger partial charge < -0.3 is 5.32 Å². The van der Waals surface area contributed by atoms with Crippen molar-refractivity contribution in [3.05, 3.63) is 70.8 Å². The van der Waals surface area contributed by atoms with Crippen LogP contribution >= 0.6 is 15.9 Å². The Kier molecular flexibility index (Phi) is 5.13. The maximum absolute atomic E-state index is 12.5. The molecule has 10 heteroatoms. The van der Waals surface area contributed by atoms with Crippen molar-refractivity contribution in [3.63, 3.8) is 0 Å². The molecule has 0 spiro atoms. The number of rotatable bonds is 5. The van der Waals surface area contributed by atoms with Gasteiger partial charge in [0.15, 0.2) is 5.82 Å². The Balaban J connectivity index is 1.52. The van der Waals surface area contributed by atoms with E-state index in [1.54, 1.807) is 0 Å². The summed E-state index contributed by atoms with van der Waals surface area (Å²) in [4.78, 5) is 13.7. The van der Waals surface area contributed by atoms with Crippen LogP contribution in [0.25, 0.3) is 17.1 Å². The minimum atomic E-state index is -0.404. The zero-order chi connectivity index (χ0) is 20.2. The van der Waals surface area contributed by atoms with E-state index in [1.165, 1.54) is 15.7 Å². The van der Waals surface area contributed by atoms with Crippen LogP contribution in [0.15, 0.2) is 65.3 Å². The van der Waals surface area contributed by atoms with Gasteiger partial charge in [0.25, 0.3) is 0 Å². The van der Waals surface area contributed by atoms with E-state index in [9.17, 15) is 10.1 Å². The van der Waals surface area contributed by atoms with Gasteiger partial charge in [0.2, 0.25) is 11.7 Å². The molecule has 142 valence electrons. The van der Waals surface area contributed by atoms with Crippen LogP contribution in [0.2, 0.25) is 0 Å². The van der Waals surface area contributed by atoms with Gasteiger partial charge in [0, 0.05) is 10.0 Å². The van der Waals surface area contributed by atoms with Crippen molar-refractivity contribution in [2.75, 3.05) is 5.32 Å². The van der Waals surface area contributed by atoms with Crippen LogP contribution in [0, 0.1) is 11.3 Å². The molecule has 0 radical (unpaired) electrons. The number of tetrazole rings is 1. The summed E-state index contributed by atoms with van der Waals surface area (Å²) in [7, 11) is 0. The third-order valence-electron chi connectivity index (χ3n) is 3.99. The molecule has 9 nitrogen and oxygen atoms in total. The fourth-order valence-corrected chi connectivity index (χ4v) is 2.90. The number of nitrogens with one attached hydrogen (secondary N) is 1. The summed E-state index contributed by atoms with van der Waals surface area (Å²) < 4.78 is 2.44. The average molecular weight is 449 g/mol. The number of anilines is 1. The van der Waals surface area contributed by atoms with Gasteiger partial charge in [0.1, 0.15) is 18.2 Å². The van der Waals surface area contributed by atoms with Crippen LogP contribution in [0.5, 0.6) is 0 Å². The highest BCUT2D eigenvalue weighted by atomic mass is 79.9. The Bertz CT molecular complexity index is 1190. The summed E-state index contributed by atoms with van der Waals surface area (Å²) >= 11 is 3.37. The fourth-order valence-electron chi connectivity index (χ4n) is 2.64. The summed E-state index contributed by atoms with van der Waals surface area (Å²) in [5.41, 5.74) is 1.76. The maximum Gasteiger partial charge on any atom is 0.249 e. The summed E-state index contributed by atoms with van der Waals surface area (Å²) in [6, 6.07) is 18.7. The molecule has 4 rings (SSSR count). The normalized spacial score (nSPS) is 10.5. The van der Waals surface area contributed by atoms with E-state index in [2.05, 4.69) is 41.8 Å². The van der Waals surface area contributed by atoms with Gasteiger partial charge >= 0.3 is 0 Å².